The third kappa shape index (κ3) is 2.93. The molecule has 2 rings (SSSR count). The van der Waals surface area contributed by atoms with E-state index >= 15 is 0 Å². The number of hydrogen-bond donors (Lipinski definition) is 0. The van der Waals surface area contributed by atoms with Crippen LogP contribution in [-0.4, -0.2) is 6.61 Å². The zero-order valence-corrected chi connectivity index (χ0v) is 12.5. The highest BCUT2D eigenvalue weighted by molar-refractivity contribution is 9.11. The second-order valence-electron chi connectivity index (χ2n) is 3.49. The second kappa shape index (κ2) is 5.74. The largest absolute Gasteiger partial charge is 0.494 e. The van der Waals surface area contributed by atoms with Gasteiger partial charge in [-0.05, 0) is 36.8 Å². The summed E-state index contributed by atoms with van der Waals surface area (Å²) in [6.07, 6.45) is 1.67. The molecule has 0 aliphatic rings. The quantitative estimate of drug-likeness (QED) is 0.722. The van der Waals surface area contributed by atoms with Crippen LogP contribution in [-0.2, 0) is 0 Å². The summed E-state index contributed by atoms with van der Waals surface area (Å²) in [7, 11) is 0. The lowest BCUT2D eigenvalue weighted by Gasteiger charge is -2.11. The third-order valence-electron chi connectivity index (χ3n) is 2.35. The third-order valence-corrected chi connectivity index (χ3v) is 3.98. The van der Waals surface area contributed by atoms with Gasteiger partial charge in [0.05, 0.1) is 17.7 Å². The van der Waals surface area contributed by atoms with Crippen molar-refractivity contribution in [2.75, 3.05) is 6.61 Å². The van der Waals surface area contributed by atoms with Gasteiger partial charge in [0.25, 0.3) is 0 Å². The van der Waals surface area contributed by atoms with Crippen LogP contribution in [0.2, 0.25) is 0 Å². The molecule has 2 aromatic rings. The minimum atomic E-state index is 0.0440. The second-order valence-corrected chi connectivity index (χ2v) is 5.26. The summed E-state index contributed by atoms with van der Waals surface area (Å²) in [5.41, 5.74) is 1.11. The van der Waals surface area contributed by atoms with Gasteiger partial charge in [0.1, 0.15) is 11.5 Å². The zero-order valence-electron chi connectivity index (χ0n) is 9.32. The van der Waals surface area contributed by atoms with E-state index in [9.17, 15) is 0 Å². The van der Waals surface area contributed by atoms with Crippen LogP contribution in [0.3, 0.4) is 0 Å². The molecular weight excluding hydrogens is 348 g/mol. The van der Waals surface area contributed by atoms with Crippen LogP contribution in [0.15, 0.2) is 45.5 Å². The van der Waals surface area contributed by atoms with Crippen molar-refractivity contribution in [3.8, 4) is 5.75 Å². The molecule has 0 bridgehead atoms. The molecule has 17 heavy (non-hydrogen) atoms. The van der Waals surface area contributed by atoms with Crippen molar-refractivity contribution in [1.82, 2.24) is 0 Å². The number of furan rings is 1. The fourth-order valence-electron chi connectivity index (χ4n) is 1.56. The molecule has 90 valence electrons. The van der Waals surface area contributed by atoms with Crippen molar-refractivity contribution in [2.45, 2.75) is 11.8 Å². The van der Waals surface area contributed by atoms with Crippen molar-refractivity contribution in [2.24, 2.45) is 0 Å². The SMILES string of the molecule is CCOc1ccc(C(Br)c2ccco2)c(Br)c1. The van der Waals surface area contributed by atoms with E-state index in [1.54, 1.807) is 6.26 Å². The smallest absolute Gasteiger partial charge is 0.121 e. The first kappa shape index (κ1) is 12.7. The Morgan fingerprint density at radius 2 is 2.18 bits per heavy atom. The first-order chi connectivity index (χ1) is 8.22. The molecule has 1 atom stereocenters. The molecular formula is C13H12Br2O2. The van der Waals surface area contributed by atoms with Gasteiger partial charge >= 0.3 is 0 Å². The molecule has 0 fully saturated rings. The molecule has 1 unspecified atom stereocenters. The summed E-state index contributed by atoms with van der Waals surface area (Å²) < 4.78 is 11.8. The van der Waals surface area contributed by atoms with Crippen LogP contribution in [0.4, 0.5) is 0 Å². The van der Waals surface area contributed by atoms with Crippen LogP contribution in [0, 0.1) is 0 Å². The average molecular weight is 360 g/mol. The fraction of sp³-hybridized carbons (Fsp3) is 0.231. The Kier molecular flexibility index (Phi) is 4.29. The summed E-state index contributed by atoms with van der Waals surface area (Å²) in [6, 6.07) is 9.78. The monoisotopic (exact) mass is 358 g/mol. The number of alkyl halides is 1. The first-order valence-electron chi connectivity index (χ1n) is 5.32. The highest BCUT2D eigenvalue weighted by Crippen LogP contribution is 2.37. The first-order valence-corrected chi connectivity index (χ1v) is 7.03. The highest BCUT2D eigenvalue weighted by atomic mass is 79.9. The molecule has 2 nitrogen and oxygen atoms in total. The molecule has 0 aliphatic heterocycles. The predicted molar refractivity (Wildman–Crippen MR) is 74.8 cm³/mol. The summed E-state index contributed by atoms with van der Waals surface area (Å²) in [6.45, 7) is 2.64. The van der Waals surface area contributed by atoms with Gasteiger partial charge in [-0.25, -0.2) is 0 Å². The Balaban J connectivity index is 2.27. The molecule has 0 N–H and O–H groups in total. The number of halogens is 2. The van der Waals surface area contributed by atoms with Gasteiger partial charge in [0.15, 0.2) is 0 Å². The molecule has 0 saturated carbocycles. The van der Waals surface area contributed by atoms with Crippen molar-refractivity contribution < 1.29 is 9.15 Å². The zero-order chi connectivity index (χ0) is 12.3. The van der Waals surface area contributed by atoms with Crippen molar-refractivity contribution in [3.63, 3.8) is 0 Å². The molecule has 1 aromatic heterocycles. The number of hydrogen-bond acceptors (Lipinski definition) is 2. The summed E-state index contributed by atoms with van der Waals surface area (Å²) in [5, 5.41) is 0. The Bertz CT molecular complexity index is 480. The Labute approximate surface area is 117 Å². The van der Waals surface area contributed by atoms with E-state index < -0.39 is 0 Å². The van der Waals surface area contributed by atoms with Gasteiger partial charge in [-0.2, -0.15) is 0 Å². The lowest BCUT2D eigenvalue weighted by Crippen LogP contribution is -1.95. The van der Waals surface area contributed by atoms with E-state index in [1.165, 1.54) is 0 Å². The van der Waals surface area contributed by atoms with Crippen LogP contribution < -0.4 is 4.74 Å². The topological polar surface area (TPSA) is 22.4 Å². The van der Waals surface area contributed by atoms with Crippen LogP contribution >= 0.6 is 31.9 Å². The predicted octanol–water partition coefficient (Wildman–Crippen LogP) is 4.93. The lowest BCUT2D eigenvalue weighted by atomic mass is 10.1. The van der Waals surface area contributed by atoms with Crippen LogP contribution in [0.5, 0.6) is 5.75 Å². The van der Waals surface area contributed by atoms with E-state index in [0.29, 0.717) is 6.61 Å². The Morgan fingerprint density at radius 1 is 1.35 bits per heavy atom. The van der Waals surface area contributed by atoms with Gasteiger partial charge < -0.3 is 9.15 Å². The minimum Gasteiger partial charge on any atom is -0.494 e. The van der Waals surface area contributed by atoms with Crippen molar-refractivity contribution in [1.29, 1.82) is 0 Å². The van der Waals surface area contributed by atoms with Gasteiger partial charge in [0.2, 0.25) is 0 Å². The molecule has 1 aromatic carbocycles. The summed E-state index contributed by atoms with van der Waals surface area (Å²) in [4.78, 5) is 0.0440. The molecule has 0 aliphatic carbocycles. The van der Waals surface area contributed by atoms with Gasteiger partial charge in [0, 0.05) is 4.47 Å². The van der Waals surface area contributed by atoms with Crippen LogP contribution in [0.1, 0.15) is 23.1 Å². The van der Waals surface area contributed by atoms with Gasteiger partial charge in [-0.3, -0.25) is 0 Å². The van der Waals surface area contributed by atoms with E-state index in [1.807, 2.05) is 37.3 Å². The molecule has 4 heteroatoms. The average Bonchev–Trinajstić information content (AvgIpc) is 2.82. The minimum absolute atomic E-state index is 0.0440. The van der Waals surface area contributed by atoms with Crippen molar-refractivity contribution in [3.05, 3.63) is 52.4 Å². The lowest BCUT2D eigenvalue weighted by molar-refractivity contribution is 0.340. The van der Waals surface area contributed by atoms with Crippen LogP contribution in [0.25, 0.3) is 0 Å². The summed E-state index contributed by atoms with van der Waals surface area (Å²) in [5.74, 6) is 1.75. The van der Waals surface area contributed by atoms with Gasteiger partial charge in [-0.15, -0.1) is 0 Å². The van der Waals surface area contributed by atoms with E-state index in [-0.39, 0.29) is 4.83 Å². The molecule has 0 radical (unpaired) electrons. The Hall–Kier alpha value is -0.740. The molecule has 1 heterocycles. The normalized spacial score (nSPS) is 12.4. The maximum atomic E-state index is 5.44. The Morgan fingerprint density at radius 3 is 2.76 bits per heavy atom. The number of benzene rings is 1. The highest BCUT2D eigenvalue weighted by Gasteiger charge is 2.16. The maximum Gasteiger partial charge on any atom is 0.121 e. The fourth-order valence-corrected chi connectivity index (χ4v) is 3.11. The van der Waals surface area contributed by atoms with E-state index in [2.05, 4.69) is 31.9 Å². The van der Waals surface area contributed by atoms with E-state index in [4.69, 9.17) is 9.15 Å². The number of rotatable bonds is 4. The molecule has 0 saturated heterocycles. The van der Waals surface area contributed by atoms with Crippen molar-refractivity contribution >= 4 is 31.9 Å². The maximum absolute atomic E-state index is 5.44. The molecule has 0 spiro atoms. The van der Waals surface area contributed by atoms with E-state index in [0.717, 1.165) is 21.5 Å². The standard InChI is InChI=1S/C13H12Br2O2/c1-2-16-9-5-6-10(11(14)8-9)13(15)12-4-3-7-17-12/h3-8,13H,2H2,1H3. The summed E-state index contributed by atoms with van der Waals surface area (Å²) >= 11 is 7.17. The number of ether oxygens (including phenoxy) is 1. The van der Waals surface area contributed by atoms with Gasteiger partial charge in [-0.1, -0.05) is 37.9 Å². The molecule has 0 amide bonds.